The third-order valence-corrected chi connectivity index (χ3v) is 5.32. The number of anilines is 2. The fourth-order valence-electron chi connectivity index (χ4n) is 3.61. The van der Waals surface area contributed by atoms with Gasteiger partial charge in [0.05, 0.1) is 11.3 Å². The highest BCUT2D eigenvalue weighted by molar-refractivity contribution is 6.30. The first-order valence-corrected chi connectivity index (χ1v) is 10.2. The molecule has 4 nitrogen and oxygen atoms in total. The Balaban J connectivity index is 1.71. The predicted molar refractivity (Wildman–Crippen MR) is 112 cm³/mol. The summed E-state index contributed by atoms with van der Waals surface area (Å²) in [6.07, 6.45) is 6.33. The molecule has 1 fully saturated rings. The molecule has 0 radical (unpaired) electrons. The summed E-state index contributed by atoms with van der Waals surface area (Å²) >= 11 is 6.05. The Morgan fingerprint density at radius 1 is 1.19 bits per heavy atom. The topological polar surface area (TPSA) is 54.0 Å². The van der Waals surface area contributed by atoms with Crippen LogP contribution in [0.5, 0.6) is 0 Å². The number of amides is 1. The van der Waals surface area contributed by atoms with Crippen LogP contribution in [0.4, 0.5) is 11.5 Å². The van der Waals surface area contributed by atoms with Crippen molar-refractivity contribution in [3.63, 3.8) is 0 Å². The number of nitrogens with one attached hydrogen (secondary N) is 2. The Labute approximate surface area is 166 Å². The van der Waals surface area contributed by atoms with Gasteiger partial charge in [0.15, 0.2) is 0 Å². The molecule has 3 rings (SSSR count). The average Bonchev–Trinajstić information content (AvgIpc) is 2.67. The van der Waals surface area contributed by atoms with Gasteiger partial charge in [0.1, 0.15) is 5.82 Å². The maximum Gasteiger partial charge on any atom is 0.253 e. The molecular formula is C22H28ClN3O. The number of halogens is 1. The first kappa shape index (κ1) is 19.7. The molecule has 0 unspecified atom stereocenters. The van der Waals surface area contributed by atoms with Crippen molar-refractivity contribution < 1.29 is 4.79 Å². The van der Waals surface area contributed by atoms with E-state index in [0.717, 1.165) is 17.9 Å². The van der Waals surface area contributed by atoms with Crippen molar-refractivity contribution in [2.75, 3.05) is 11.9 Å². The van der Waals surface area contributed by atoms with Crippen molar-refractivity contribution in [1.82, 2.24) is 10.3 Å². The summed E-state index contributed by atoms with van der Waals surface area (Å²) in [5, 5.41) is 7.06. The summed E-state index contributed by atoms with van der Waals surface area (Å²) in [7, 11) is 0. The lowest BCUT2D eigenvalue weighted by Gasteiger charge is -2.22. The van der Waals surface area contributed by atoms with E-state index in [1.165, 1.54) is 32.1 Å². The SMILES string of the molecule is CC(C)c1nc(Nc2cccc(Cl)c2)ccc1C(=O)NCC1CCCCC1. The third kappa shape index (κ3) is 5.46. The van der Waals surface area contributed by atoms with E-state index >= 15 is 0 Å². The molecule has 1 aromatic carbocycles. The van der Waals surface area contributed by atoms with Gasteiger partial charge in [-0.2, -0.15) is 0 Å². The number of aromatic nitrogens is 1. The van der Waals surface area contributed by atoms with Crippen LogP contribution >= 0.6 is 11.6 Å². The van der Waals surface area contributed by atoms with E-state index in [4.69, 9.17) is 16.6 Å². The first-order chi connectivity index (χ1) is 13.0. The molecule has 27 heavy (non-hydrogen) atoms. The zero-order chi connectivity index (χ0) is 19.2. The van der Waals surface area contributed by atoms with E-state index in [1.54, 1.807) is 0 Å². The lowest BCUT2D eigenvalue weighted by atomic mass is 9.89. The summed E-state index contributed by atoms with van der Waals surface area (Å²) in [4.78, 5) is 17.4. The number of carbonyl (C=O) groups excluding carboxylic acids is 1. The predicted octanol–water partition coefficient (Wildman–Crippen LogP) is 5.91. The Bertz CT molecular complexity index is 785. The molecule has 0 spiro atoms. The van der Waals surface area contributed by atoms with Crippen LogP contribution < -0.4 is 10.6 Å². The van der Waals surface area contributed by atoms with Crippen LogP contribution in [-0.2, 0) is 0 Å². The number of hydrogen-bond donors (Lipinski definition) is 2. The molecule has 1 saturated carbocycles. The largest absolute Gasteiger partial charge is 0.352 e. The smallest absolute Gasteiger partial charge is 0.253 e. The second-order valence-electron chi connectivity index (χ2n) is 7.63. The van der Waals surface area contributed by atoms with E-state index in [1.807, 2.05) is 36.4 Å². The lowest BCUT2D eigenvalue weighted by Crippen LogP contribution is -2.31. The summed E-state index contributed by atoms with van der Waals surface area (Å²) < 4.78 is 0. The highest BCUT2D eigenvalue weighted by Gasteiger charge is 2.19. The maximum atomic E-state index is 12.7. The minimum atomic E-state index is -0.0221. The number of benzene rings is 1. The number of nitrogens with zero attached hydrogens (tertiary/aromatic N) is 1. The third-order valence-electron chi connectivity index (χ3n) is 5.09. The molecule has 1 heterocycles. The first-order valence-electron chi connectivity index (χ1n) is 9.84. The zero-order valence-corrected chi connectivity index (χ0v) is 16.9. The second-order valence-corrected chi connectivity index (χ2v) is 8.07. The summed E-state index contributed by atoms with van der Waals surface area (Å²) in [5.41, 5.74) is 2.35. The van der Waals surface area contributed by atoms with Crippen LogP contribution in [0.2, 0.25) is 5.02 Å². The van der Waals surface area contributed by atoms with Crippen molar-refractivity contribution >= 4 is 29.0 Å². The van der Waals surface area contributed by atoms with E-state index in [2.05, 4.69) is 24.5 Å². The quantitative estimate of drug-likeness (QED) is 0.649. The van der Waals surface area contributed by atoms with Crippen molar-refractivity contribution in [3.05, 3.63) is 52.7 Å². The van der Waals surface area contributed by atoms with Crippen LogP contribution in [0.3, 0.4) is 0 Å². The van der Waals surface area contributed by atoms with E-state index < -0.39 is 0 Å². The van der Waals surface area contributed by atoms with Crippen molar-refractivity contribution in [3.8, 4) is 0 Å². The van der Waals surface area contributed by atoms with Crippen molar-refractivity contribution in [2.45, 2.75) is 51.9 Å². The molecule has 1 aromatic heterocycles. The van der Waals surface area contributed by atoms with Crippen LogP contribution in [0.1, 0.15) is 67.9 Å². The van der Waals surface area contributed by atoms with E-state index in [9.17, 15) is 4.79 Å². The summed E-state index contributed by atoms with van der Waals surface area (Å²) in [6, 6.07) is 11.2. The monoisotopic (exact) mass is 385 g/mol. The second kappa shape index (κ2) is 9.23. The molecular weight excluding hydrogens is 358 g/mol. The lowest BCUT2D eigenvalue weighted by molar-refractivity contribution is 0.0942. The fourth-order valence-corrected chi connectivity index (χ4v) is 3.80. The summed E-state index contributed by atoms with van der Waals surface area (Å²) in [5.74, 6) is 1.46. The van der Waals surface area contributed by atoms with Crippen molar-refractivity contribution in [1.29, 1.82) is 0 Å². The van der Waals surface area contributed by atoms with Crippen molar-refractivity contribution in [2.24, 2.45) is 5.92 Å². The van der Waals surface area contributed by atoms with Gasteiger partial charge in [0, 0.05) is 17.3 Å². The van der Waals surface area contributed by atoms with Gasteiger partial charge in [0.25, 0.3) is 5.91 Å². The molecule has 0 saturated heterocycles. The van der Waals surface area contributed by atoms with Gasteiger partial charge in [-0.05, 0) is 55.0 Å². The number of pyridine rings is 1. The fraction of sp³-hybridized carbons (Fsp3) is 0.455. The number of carbonyl (C=O) groups is 1. The standard InChI is InChI=1S/C22H28ClN3O/c1-15(2)21-19(22(27)24-14-16-7-4-3-5-8-16)11-12-20(26-21)25-18-10-6-9-17(23)13-18/h6,9-13,15-16H,3-5,7-8,14H2,1-2H3,(H,24,27)(H,25,26). The van der Waals surface area contributed by atoms with Crippen LogP contribution in [0.25, 0.3) is 0 Å². The van der Waals surface area contributed by atoms with Gasteiger partial charge in [-0.3, -0.25) is 4.79 Å². The molecule has 1 aliphatic carbocycles. The van der Waals surface area contributed by atoms with Gasteiger partial charge in [0.2, 0.25) is 0 Å². The zero-order valence-electron chi connectivity index (χ0n) is 16.1. The highest BCUT2D eigenvalue weighted by atomic mass is 35.5. The highest BCUT2D eigenvalue weighted by Crippen LogP contribution is 2.25. The average molecular weight is 386 g/mol. The Morgan fingerprint density at radius 3 is 2.67 bits per heavy atom. The number of rotatable bonds is 6. The molecule has 0 aliphatic heterocycles. The molecule has 0 atom stereocenters. The Kier molecular flexibility index (Phi) is 6.73. The Hall–Kier alpha value is -2.07. The summed E-state index contributed by atoms with van der Waals surface area (Å²) in [6.45, 7) is 4.88. The molecule has 2 aromatic rings. The van der Waals surface area contributed by atoms with Crippen LogP contribution in [-0.4, -0.2) is 17.4 Å². The minimum Gasteiger partial charge on any atom is -0.352 e. The molecule has 5 heteroatoms. The Morgan fingerprint density at radius 2 is 1.96 bits per heavy atom. The molecule has 2 N–H and O–H groups in total. The molecule has 1 amide bonds. The van der Waals surface area contributed by atoms with Crippen LogP contribution in [0, 0.1) is 5.92 Å². The van der Waals surface area contributed by atoms with Crippen LogP contribution in [0.15, 0.2) is 36.4 Å². The van der Waals surface area contributed by atoms with Gasteiger partial charge in [-0.25, -0.2) is 4.98 Å². The normalized spacial score (nSPS) is 15.0. The van der Waals surface area contributed by atoms with Gasteiger partial charge >= 0.3 is 0 Å². The van der Waals surface area contributed by atoms with Gasteiger partial charge in [-0.15, -0.1) is 0 Å². The minimum absolute atomic E-state index is 0.0221. The molecule has 144 valence electrons. The number of hydrogen-bond acceptors (Lipinski definition) is 3. The van der Waals surface area contributed by atoms with E-state index in [-0.39, 0.29) is 11.8 Å². The van der Waals surface area contributed by atoms with Gasteiger partial charge < -0.3 is 10.6 Å². The van der Waals surface area contributed by atoms with Gasteiger partial charge in [-0.1, -0.05) is 50.8 Å². The maximum absolute atomic E-state index is 12.7. The molecule has 0 bridgehead atoms. The molecule has 1 aliphatic rings. The van der Waals surface area contributed by atoms with E-state index in [0.29, 0.717) is 22.3 Å².